The number of hydrazine groups is 1. The van der Waals surface area contributed by atoms with Gasteiger partial charge in [-0.1, -0.05) is 0 Å². The molecule has 1 saturated heterocycles. The van der Waals surface area contributed by atoms with Crippen LogP contribution in [0.5, 0.6) is 0 Å². The Morgan fingerprint density at radius 1 is 1.73 bits per heavy atom. The monoisotopic (exact) mass is 215 g/mol. The lowest BCUT2D eigenvalue weighted by Crippen LogP contribution is -2.37. The Balaban J connectivity index is 2.29. The molecular formula is C10H21N3O2. The van der Waals surface area contributed by atoms with Gasteiger partial charge in [-0.25, -0.2) is 5.84 Å². The molecule has 1 aliphatic rings. The number of carbonyl (C=O) groups excluding carboxylic acids is 1. The second kappa shape index (κ2) is 4.92. The standard InChI is InChI=1S/C10H21N3O2/c1-8(3-4-9(14)12-11)13-6-5-10(2,15)7-13/h8,15H,3-7,11H2,1-2H3,(H,12,14). The van der Waals surface area contributed by atoms with Gasteiger partial charge in [0.1, 0.15) is 0 Å². The third-order valence-electron chi connectivity index (χ3n) is 3.05. The molecule has 5 nitrogen and oxygen atoms in total. The fourth-order valence-corrected chi connectivity index (χ4v) is 1.95. The summed E-state index contributed by atoms with van der Waals surface area (Å²) in [6, 6.07) is 0.316. The van der Waals surface area contributed by atoms with Gasteiger partial charge in [-0.05, 0) is 26.7 Å². The first-order valence-corrected chi connectivity index (χ1v) is 5.40. The topological polar surface area (TPSA) is 78.6 Å². The van der Waals surface area contributed by atoms with Gasteiger partial charge >= 0.3 is 0 Å². The fraction of sp³-hybridized carbons (Fsp3) is 0.900. The number of nitrogens with one attached hydrogen (secondary N) is 1. The highest BCUT2D eigenvalue weighted by atomic mass is 16.3. The summed E-state index contributed by atoms with van der Waals surface area (Å²) < 4.78 is 0. The molecule has 2 atom stereocenters. The summed E-state index contributed by atoms with van der Waals surface area (Å²) >= 11 is 0. The average Bonchev–Trinajstić information content (AvgIpc) is 2.54. The van der Waals surface area contributed by atoms with E-state index in [0.29, 0.717) is 19.0 Å². The van der Waals surface area contributed by atoms with E-state index in [1.165, 1.54) is 0 Å². The van der Waals surface area contributed by atoms with Gasteiger partial charge in [0.2, 0.25) is 5.91 Å². The summed E-state index contributed by atoms with van der Waals surface area (Å²) in [5.41, 5.74) is 1.56. The molecule has 15 heavy (non-hydrogen) atoms. The lowest BCUT2D eigenvalue weighted by atomic mass is 10.1. The summed E-state index contributed by atoms with van der Waals surface area (Å²) in [5.74, 6) is 4.87. The third kappa shape index (κ3) is 3.77. The molecule has 1 fully saturated rings. The van der Waals surface area contributed by atoms with Gasteiger partial charge < -0.3 is 5.11 Å². The van der Waals surface area contributed by atoms with E-state index >= 15 is 0 Å². The zero-order valence-electron chi connectivity index (χ0n) is 9.49. The minimum Gasteiger partial charge on any atom is -0.389 e. The maximum absolute atomic E-state index is 11.0. The summed E-state index contributed by atoms with van der Waals surface area (Å²) in [5, 5.41) is 9.80. The Kier molecular flexibility index (Phi) is 4.07. The molecule has 0 aromatic rings. The van der Waals surface area contributed by atoms with Crippen LogP contribution >= 0.6 is 0 Å². The number of nitrogens with two attached hydrogens (primary N) is 1. The highest BCUT2D eigenvalue weighted by Crippen LogP contribution is 2.23. The van der Waals surface area contributed by atoms with Crippen LogP contribution in [0.25, 0.3) is 0 Å². The summed E-state index contributed by atoms with van der Waals surface area (Å²) in [4.78, 5) is 13.2. The Morgan fingerprint density at radius 2 is 2.40 bits per heavy atom. The van der Waals surface area contributed by atoms with Crippen molar-refractivity contribution in [2.24, 2.45) is 5.84 Å². The van der Waals surface area contributed by atoms with Gasteiger partial charge in [-0.15, -0.1) is 0 Å². The van der Waals surface area contributed by atoms with E-state index in [1.807, 2.05) is 6.92 Å². The van der Waals surface area contributed by atoms with Crippen LogP contribution in [0.3, 0.4) is 0 Å². The number of aliphatic hydroxyl groups is 1. The molecule has 2 unspecified atom stereocenters. The van der Waals surface area contributed by atoms with Crippen molar-refractivity contribution in [1.29, 1.82) is 0 Å². The van der Waals surface area contributed by atoms with Crippen LogP contribution in [0.1, 0.15) is 33.1 Å². The first-order chi connectivity index (χ1) is 6.94. The molecule has 1 heterocycles. The van der Waals surface area contributed by atoms with E-state index in [4.69, 9.17) is 5.84 Å². The van der Waals surface area contributed by atoms with Crippen molar-refractivity contribution < 1.29 is 9.90 Å². The number of likely N-dealkylation sites (tertiary alicyclic amines) is 1. The van der Waals surface area contributed by atoms with Gasteiger partial charge in [0.05, 0.1) is 5.60 Å². The molecule has 0 saturated carbocycles. The molecule has 5 heteroatoms. The van der Waals surface area contributed by atoms with E-state index < -0.39 is 5.60 Å². The van der Waals surface area contributed by atoms with E-state index in [1.54, 1.807) is 0 Å². The normalized spacial score (nSPS) is 29.1. The molecular weight excluding hydrogens is 194 g/mol. The van der Waals surface area contributed by atoms with Crippen molar-refractivity contribution in [3.8, 4) is 0 Å². The highest BCUT2D eigenvalue weighted by molar-refractivity contribution is 5.75. The van der Waals surface area contributed by atoms with Gasteiger partial charge in [0.25, 0.3) is 0 Å². The Labute approximate surface area is 90.6 Å². The second-order valence-corrected chi connectivity index (χ2v) is 4.67. The molecule has 1 rings (SSSR count). The van der Waals surface area contributed by atoms with E-state index in [2.05, 4.69) is 17.2 Å². The quantitative estimate of drug-likeness (QED) is 0.339. The fourth-order valence-electron chi connectivity index (χ4n) is 1.95. The molecule has 4 N–H and O–H groups in total. The van der Waals surface area contributed by atoms with Crippen LogP contribution in [0.4, 0.5) is 0 Å². The molecule has 1 amide bonds. The van der Waals surface area contributed by atoms with Gasteiger partial charge in [0, 0.05) is 25.6 Å². The van der Waals surface area contributed by atoms with Crippen LogP contribution < -0.4 is 11.3 Å². The van der Waals surface area contributed by atoms with Crippen molar-refractivity contribution in [1.82, 2.24) is 10.3 Å². The predicted octanol–water partition coefficient (Wildman–Crippen LogP) is -0.398. The summed E-state index contributed by atoms with van der Waals surface area (Å²) in [6.07, 6.45) is 2.02. The van der Waals surface area contributed by atoms with Gasteiger partial charge in [-0.2, -0.15) is 0 Å². The minimum atomic E-state index is -0.565. The SMILES string of the molecule is CC(CCC(=O)NN)N1CCC(C)(O)C1. The molecule has 0 aliphatic carbocycles. The number of nitrogens with zero attached hydrogens (tertiary/aromatic N) is 1. The largest absolute Gasteiger partial charge is 0.389 e. The Bertz CT molecular complexity index is 231. The number of hydrogen-bond donors (Lipinski definition) is 3. The maximum Gasteiger partial charge on any atom is 0.233 e. The van der Waals surface area contributed by atoms with Crippen molar-refractivity contribution in [2.75, 3.05) is 13.1 Å². The zero-order valence-corrected chi connectivity index (χ0v) is 9.49. The predicted molar refractivity (Wildman–Crippen MR) is 57.8 cm³/mol. The molecule has 1 aliphatic heterocycles. The van der Waals surface area contributed by atoms with Crippen LogP contribution in [-0.4, -0.2) is 40.6 Å². The van der Waals surface area contributed by atoms with Crippen LogP contribution in [-0.2, 0) is 4.79 Å². The van der Waals surface area contributed by atoms with Gasteiger partial charge in [-0.3, -0.25) is 15.1 Å². The van der Waals surface area contributed by atoms with Crippen LogP contribution in [0, 0.1) is 0 Å². The lowest BCUT2D eigenvalue weighted by molar-refractivity contribution is -0.121. The maximum atomic E-state index is 11.0. The highest BCUT2D eigenvalue weighted by Gasteiger charge is 2.33. The molecule has 88 valence electrons. The molecule has 0 aromatic heterocycles. The average molecular weight is 215 g/mol. The number of amides is 1. The lowest BCUT2D eigenvalue weighted by Gasteiger charge is -2.25. The first kappa shape index (κ1) is 12.4. The number of carbonyl (C=O) groups is 1. The van der Waals surface area contributed by atoms with Crippen molar-refractivity contribution in [3.63, 3.8) is 0 Å². The first-order valence-electron chi connectivity index (χ1n) is 5.40. The van der Waals surface area contributed by atoms with Crippen molar-refractivity contribution in [2.45, 2.75) is 44.8 Å². The molecule has 0 spiro atoms. The number of rotatable bonds is 4. The van der Waals surface area contributed by atoms with Crippen molar-refractivity contribution in [3.05, 3.63) is 0 Å². The Morgan fingerprint density at radius 3 is 2.87 bits per heavy atom. The third-order valence-corrected chi connectivity index (χ3v) is 3.05. The van der Waals surface area contributed by atoms with Crippen LogP contribution in [0.15, 0.2) is 0 Å². The summed E-state index contributed by atoms with van der Waals surface area (Å²) in [6.45, 7) is 5.52. The van der Waals surface area contributed by atoms with E-state index in [-0.39, 0.29) is 5.91 Å². The van der Waals surface area contributed by atoms with E-state index in [0.717, 1.165) is 19.4 Å². The number of β-amino-alcohol motifs (C(OH)–C–C–N with tert-alkyl or cyclic N) is 1. The minimum absolute atomic E-state index is 0.132. The van der Waals surface area contributed by atoms with Crippen LogP contribution in [0.2, 0.25) is 0 Å². The Hall–Kier alpha value is -0.650. The van der Waals surface area contributed by atoms with Gasteiger partial charge in [0.15, 0.2) is 0 Å². The molecule has 0 bridgehead atoms. The number of hydrogen-bond acceptors (Lipinski definition) is 4. The second-order valence-electron chi connectivity index (χ2n) is 4.67. The smallest absolute Gasteiger partial charge is 0.233 e. The molecule has 0 radical (unpaired) electrons. The van der Waals surface area contributed by atoms with Crippen molar-refractivity contribution >= 4 is 5.91 Å². The zero-order chi connectivity index (χ0) is 11.5. The molecule has 0 aromatic carbocycles. The van der Waals surface area contributed by atoms with E-state index in [9.17, 15) is 9.90 Å². The summed E-state index contributed by atoms with van der Waals surface area (Å²) in [7, 11) is 0.